The Morgan fingerprint density at radius 3 is 1.40 bits per heavy atom. The van der Waals surface area contributed by atoms with E-state index in [1.165, 1.54) is 70.6 Å². The Bertz CT molecular complexity index is 363. The SMILES string of the molecule is CC1(C)OCOC1(C)C.CC12CCCC1CCC2.CC1CCCCC1. The molecule has 3 saturated carbocycles. The Labute approximate surface area is 157 Å². The molecule has 0 N–H and O–H groups in total. The third kappa shape index (κ3) is 5.70. The van der Waals surface area contributed by atoms with Crippen LogP contribution < -0.4 is 0 Å². The molecule has 25 heavy (non-hydrogen) atoms. The van der Waals surface area contributed by atoms with Crippen molar-refractivity contribution < 1.29 is 9.47 Å². The Balaban J connectivity index is 0.000000137. The van der Waals surface area contributed by atoms with E-state index in [2.05, 4.69) is 13.8 Å². The van der Waals surface area contributed by atoms with Gasteiger partial charge in [0.2, 0.25) is 0 Å². The molecule has 0 bridgehead atoms. The van der Waals surface area contributed by atoms with Crippen molar-refractivity contribution in [3.05, 3.63) is 0 Å². The first-order chi connectivity index (χ1) is 11.7. The molecule has 2 nitrogen and oxygen atoms in total. The van der Waals surface area contributed by atoms with Gasteiger partial charge in [-0.05, 0) is 70.6 Å². The van der Waals surface area contributed by atoms with Crippen molar-refractivity contribution >= 4 is 0 Å². The molecule has 4 aliphatic rings. The molecule has 4 rings (SSSR count). The van der Waals surface area contributed by atoms with E-state index in [0.717, 1.165) is 17.3 Å². The van der Waals surface area contributed by atoms with Gasteiger partial charge in [-0.15, -0.1) is 0 Å². The number of hydrogen-bond acceptors (Lipinski definition) is 2. The smallest absolute Gasteiger partial charge is 0.148 e. The molecule has 0 aromatic carbocycles. The minimum Gasteiger partial charge on any atom is -0.347 e. The summed E-state index contributed by atoms with van der Waals surface area (Å²) in [7, 11) is 0. The molecule has 0 atom stereocenters. The predicted molar refractivity (Wildman–Crippen MR) is 107 cm³/mol. The van der Waals surface area contributed by atoms with Crippen LogP contribution in [0.1, 0.15) is 112 Å². The highest BCUT2D eigenvalue weighted by Crippen LogP contribution is 2.53. The lowest BCUT2D eigenvalue weighted by Gasteiger charge is -2.30. The van der Waals surface area contributed by atoms with Crippen molar-refractivity contribution in [2.75, 3.05) is 6.79 Å². The quantitative estimate of drug-likeness (QED) is 0.462. The highest BCUT2D eigenvalue weighted by atomic mass is 16.7. The van der Waals surface area contributed by atoms with Gasteiger partial charge in [0, 0.05) is 0 Å². The second-order valence-electron chi connectivity index (χ2n) is 10.3. The van der Waals surface area contributed by atoms with Crippen LogP contribution in [-0.2, 0) is 9.47 Å². The normalized spacial score (nSPS) is 36.0. The van der Waals surface area contributed by atoms with Gasteiger partial charge in [0.25, 0.3) is 0 Å². The Morgan fingerprint density at radius 2 is 1.12 bits per heavy atom. The van der Waals surface area contributed by atoms with Crippen molar-refractivity contribution in [1.82, 2.24) is 0 Å². The van der Waals surface area contributed by atoms with E-state index in [1.807, 2.05) is 27.7 Å². The van der Waals surface area contributed by atoms with Gasteiger partial charge in [0.05, 0.1) is 11.2 Å². The first kappa shape index (κ1) is 21.2. The molecule has 2 heteroatoms. The van der Waals surface area contributed by atoms with Gasteiger partial charge in [0.1, 0.15) is 6.79 Å². The summed E-state index contributed by atoms with van der Waals surface area (Å²) in [5.74, 6) is 2.16. The van der Waals surface area contributed by atoms with E-state index in [9.17, 15) is 0 Å². The second-order valence-corrected chi connectivity index (χ2v) is 10.3. The van der Waals surface area contributed by atoms with Crippen LogP contribution in [-0.4, -0.2) is 18.0 Å². The van der Waals surface area contributed by atoms with Crippen molar-refractivity contribution in [2.24, 2.45) is 17.3 Å². The summed E-state index contributed by atoms with van der Waals surface area (Å²) >= 11 is 0. The monoisotopic (exact) mass is 352 g/mol. The molecule has 148 valence electrons. The number of fused-ring (bicyclic) bond motifs is 1. The van der Waals surface area contributed by atoms with Gasteiger partial charge in [-0.25, -0.2) is 0 Å². The molecule has 1 aliphatic heterocycles. The van der Waals surface area contributed by atoms with Gasteiger partial charge in [0.15, 0.2) is 0 Å². The standard InChI is InChI=1S/C9H16.C7H14O2.C7H14/c1-9-6-2-4-8(9)5-3-7-9;1-6(2)7(3,4)9-5-8-6;1-7-5-3-2-4-6-7/h8H,2-7H2,1H3;5H2,1-4H3;7H,2-6H2,1H3. The molecule has 0 amide bonds. The van der Waals surface area contributed by atoms with Crippen LogP contribution in [0.25, 0.3) is 0 Å². The Morgan fingerprint density at radius 1 is 0.640 bits per heavy atom. The van der Waals surface area contributed by atoms with E-state index in [-0.39, 0.29) is 11.2 Å². The topological polar surface area (TPSA) is 18.5 Å². The zero-order valence-electron chi connectivity index (χ0n) is 18.0. The van der Waals surface area contributed by atoms with Crippen LogP contribution in [0.15, 0.2) is 0 Å². The molecule has 0 spiro atoms. The summed E-state index contributed by atoms with van der Waals surface area (Å²) in [6, 6.07) is 0. The van der Waals surface area contributed by atoms with Crippen molar-refractivity contribution in [2.45, 2.75) is 123 Å². The highest BCUT2D eigenvalue weighted by molar-refractivity contribution is 4.93. The fourth-order valence-electron chi connectivity index (χ4n) is 4.86. The van der Waals surface area contributed by atoms with E-state index >= 15 is 0 Å². The largest absolute Gasteiger partial charge is 0.347 e. The maximum absolute atomic E-state index is 5.33. The first-order valence-corrected chi connectivity index (χ1v) is 10.9. The fourth-order valence-corrected chi connectivity index (χ4v) is 4.86. The minimum absolute atomic E-state index is 0.132. The van der Waals surface area contributed by atoms with Crippen LogP contribution in [0.4, 0.5) is 0 Å². The average Bonchev–Trinajstić information content (AvgIpc) is 3.13. The fraction of sp³-hybridized carbons (Fsp3) is 1.00. The molecule has 0 aromatic rings. The maximum atomic E-state index is 5.33. The van der Waals surface area contributed by atoms with Crippen LogP contribution in [0.3, 0.4) is 0 Å². The van der Waals surface area contributed by atoms with Crippen LogP contribution in [0, 0.1) is 17.3 Å². The highest BCUT2D eigenvalue weighted by Gasteiger charge is 2.44. The summed E-state index contributed by atoms with van der Waals surface area (Å²) in [5.41, 5.74) is 0.542. The van der Waals surface area contributed by atoms with Crippen molar-refractivity contribution in [1.29, 1.82) is 0 Å². The summed E-state index contributed by atoms with van der Waals surface area (Å²) in [5, 5.41) is 0. The van der Waals surface area contributed by atoms with Gasteiger partial charge in [-0.2, -0.15) is 0 Å². The van der Waals surface area contributed by atoms with E-state index in [1.54, 1.807) is 0 Å². The van der Waals surface area contributed by atoms with Gasteiger partial charge in [-0.3, -0.25) is 0 Å². The van der Waals surface area contributed by atoms with Crippen molar-refractivity contribution in [3.63, 3.8) is 0 Å². The summed E-state index contributed by atoms with van der Waals surface area (Å²) in [4.78, 5) is 0. The molecule has 3 aliphatic carbocycles. The maximum Gasteiger partial charge on any atom is 0.148 e. The van der Waals surface area contributed by atoms with Crippen molar-refractivity contribution in [3.8, 4) is 0 Å². The van der Waals surface area contributed by atoms with Gasteiger partial charge in [-0.1, -0.05) is 58.8 Å². The summed E-state index contributed by atoms with van der Waals surface area (Å²) < 4.78 is 10.7. The van der Waals surface area contributed by atoms with Gasteiger partial charge < -0.3 is 9.47 Å². The number of rotatable bonds is 0. The third-order valence-corrected chi connectivity index (χ3v) is 7.77. The molecule has 4 fully saturated rings. The molecular formula is C23H44O2. The second kappa shape index (κ2) is 8.74. The van der Waals surface area contributed by atoms with Crippen LogP contribution in [0.5, 0.6) is 0 Å². The molecule has 1 saturated heterocycles. The van der Waals surface area contributed by atoms with Gasteiger partial charge >= 0.3 is 0 Å². The van der Waals surface area contributed by atoms with E-state index < -0.39 is 0 Å². The molecule has 1 heterocycles. The average molecular weight is 353 g/mol. The van der Waals surface area contributed by atoms with Crippen LogP contribution in [0.2, 0.25) is 0 Å². The minimum atomic E-state index is -0.132. The van der Waals surface area contributed by atoms with Crippen LogP contribution >= 0.6 is 0 Å². The number of hydrogen-bond donors (Lipinski definition) is 0. The molecular weight excluding hydrogens is 308 g/mol. The zero-order chi connectivity index (χ0) is 18.6. The molecule has 0 unspecified atom stereocenters. The Hall–Kier alpha value is -0.0800. The van der Waals surface area contributed by atoms with E-state index in [4.69, 9.17) is 9.47 Å². The lowest BCUT2D eigenvalue weighted by atomic mass is 9.83. The first-order valence-electron chi connectivity index (χ1n) is 10.9. The zero-order valence-corrected chi connectivity index (χ0v) is 18.0. The van der Waals surface area contributed by atoms with E-state index in [0.29, 0.717) is 6.79 Å². The molecule has 0 aromatic heterocycles. The third-order valence-electron chi connectivity index (χ3n) is 7.77. The lowest BCUT2D eigenvalue weighted by Crippen LogP contribution is -2.41. The summed E-state index contributed by atoms with van der Waals surface area (Å²) in [6.07, 6.45) is 16.6. The molecule has 0 radical (unpaired) electrons. The summed E-state index contributed by atoms with van der Waals surface area (Å²) in [6.45, 7) is 13.5. The lowest BCUT2D eigenvalue weighted by molar-refractivity contribution is 0.00578. The predicted octanol–water partition coefficient (Wildman–Crippen LogP) is 7.11. The Kier molecular flexibility index (Phi) is 7.42. The number of ether oxygens (including phenoxy) is 2.